The topological polar surface area (TPSA) is 294 Å². The molecule has 0 bridgehead atoms. The summed E-state index contributed by atoms with van der Waals surface area (Å²) in [4.78, 5) is 84.9. The number of carbonyl (C=O) groups is 5. The van der Waals surface area contributed by atoms with Gasteiger partial charge in [-0.2, -0.15) is 0 Å². The molecular weight excluding hydrogens is 1270 g/mol. The summed E-state index contributed by atoms with van der Waals surface area (Å²) >= 11 is 0. The SMILES string of the molecule is CCCCCCCCCCCCCC(=O)N[C@H](COCC[C@@H](CCCCCCC)OC(C)=O)COP(=O)(O)OCCNC(=O)NCCOP(=O)(O)OC[C@@H](COCC[C@@H](CCCCCCC)OC(=O)CCCCCCCCCCC)NC(=O)NCCCCCCCCCCCC. The molecule has 6 atom stereocenters. The minimum Gasteiger partial charge on any atom is -0.462 e. The number of amides is 5. The highest BCUT2D eigenvalue weighted by atomic mass is 31.2. The normalized spacial score (nSPS) is 14.0. The number of nitrogens with one attached hydrogen (secondary N) is 5. The first-order valence-electron chi connectivity index (χ1n) is 38.6. The Morgan fingerprint density at radius 2 is 0.677 bits per heavy atom. The van der Waals surface area contributed by atoms with Crippen LogP contribution in [0, 0.1) is 0 Å². The van der Waals surface area contributed by atoms with E-state index in [0.717, 1.165) is 128 Å². The maximum Gasteiger partial charge on any atom is 0.472 e. The van der Waals surface area contributed by atoms with E-state index in [1.54, 1.807) is 0 Å². The maximum atomic E-state index is 13.1. The summed E-state index contributed by atoms with van der Waals surface area (Å²) in [5, 5.41) is 13.5. The van der Waals surface area contributed by atoms with E-state index in [1.165, 1.54) is 129 Å². The molecular formula is C72H143N5O17P2. The van der Waals surface area contributed by atoms with Crippen molar-refractivity contribution < 1.29 is 79.9 Å². The van der Waals surface area contributed by atoms with Crippen molar-refractivity contribution in [1.82, 2.24) is 26.6 Å². The van der Waals surface area contributed by atoms with Gasteiger partial charge in [-0.05, 0) is 44.9 Å². The Bertz CT molecular complexity index is 1930. The van der Waals surface area contributed by atoms with Crippen molar-refractivity contribution in [2.24, 2.45) is 0 Å². The second-order valence-electron chi connectivity index (χ2n) is 26.3. The third kappa shape index (κ3) is 65.7. The zero-order valence-electron chi connectivity index (χ0n) is 61.5. The molecule has 0 aliphatic rings. The monoisotopic (exact) mass is 1410 g/mol. The maximum absolute atomic E-state index is 13.1. The van der Waals surface area contributed by atoms with Gasteiger partial charge >= 0.3 is 39.6 Å². The number of rotatable bonds is 73. The third-order valence-electron chi connectivity index (χ3n) is 16.9. The first-order valence-corrected chi connectivity index (χ1v) is 41.6. The van der Waals surface area contributed by atoms with E-state index in [-0.39, 0.29) is 76.0 Å². The van der Waals surface area contributed by atoms with E-state index in [4.69, 9.17) is 37.0 Å². The number of hydrogen-bond acceptors (Lipinski definition) is 15. The van der Waals surface area contributed by atoms with E-state index in [1.807, 2.05) is 0 Å². The van der Waals surface area contributed by atoms with Gasteiger partial charge < -0.3 is 55.3 Å². The number of phosphoric acid groups is 2. The van der Waals surface area contributed by atoms with Crippen LogP contribution in [-0.2, 0) is 60.6 Å². The fourth-order valence-electron chi connectivity index (χ4n) is 11.1. The molecule has 0 aromatic heterocycles. The number of urea groups is 2. The second-order valence-corrected chi connectivity index (χ2v) is 29.2. The molecule has 24 heteroatoms. The zero-order chi connectivity index (χ0) is 70.7. The van der Waals surface area contributed by atoms with Crippen LogP contribution in [0.5, 0.6) is 0 Å². The van der Waals surface area contributed by atoms with Gasteiger partial charge in [0, 0.05) is 52.2 Å². The molecule has 2 unspecified atom stereocenters. The van der Waals surface area contributed by atoms with E-state index in [2.05, 4.69) is 61.2 Å². The van der Waals surface area contributed by atoms with Gasteiger partial charge in [0.05, 0.1) is 64.9 Å². The average Bonchev–Trinajstić information content (AvgIpc) is 2.91. The molecule has 0 rings (SSSR count). The van der Waals surface area contributed by atoms with Crippen molar-refractivity contribution in [1.29, 1.82) is 0 Å². The quantitative estimate of drug-likeness (QED) is 0.0169. The summed E-state index contributed by atoms with van der Waals surface area (Å²) in [6.45, 7) is 11.0. The molecule has 0 aliphatic heterocycles. The van der Waals surface area contributed by atoms with Crippen LogP contribution in [0.2, 0.25) is 0 Å². The molecule has 0 aromatic rings. The molecule has 22 nitrogen and oxygen atoms in total. The van der Waals surface area contributed by atoms with E-state index in [9.17, 15) is 42.9 Å². The van der Waals surface area contributed by atoms with Gasteiger partial charge in [0.1, 0.15) is 12.2 Å². The molecule has 0 aromatic carbocycles. The molecule has 0 radical (unpaired) electrons. The first kappa shape index (κ1) is 93.1. The molecule has 568 valence electrons. The number of phosphoric ester groups is 2. The minimum atomic E-state index is -4.71. The second kappa shape index (κ2) is 67.9. The average molecular weight is 1410 g/mol. The van der Waals surface area contributed by atoms with Gasteiger partial charge in [0.25, 0.3) is 0 Å². The molecule has 0 saturated heterocycles. The summed E-state index contributed by atoms with van der Waals surface area (Å²) in [6.07, 6.45) is 47.6. The highest BCUT2D eigenvalue weighted by molar-refractivity contribution is 7.47. The fraction of sp³-hybridized carbons (Fsp3) is 0.931. The van der Waals surface area contributed by atoms with Crippen molar-refractivity contribution in [2.75, 3.05) is 72.5 Å². The van der Waals surface area contributed by atoms with Crippen LogP contribution < -0.4 is 26.6 Å². The lowest BCUT2D eigenvalue weighted by molar-refractivity contribution is -0.150. The van der Waals surface area contributed by atoms with Crippen LogP contribution >= 0.6 is 15.6 Å². The fourth-order valence-corrected chi connectivity index (χ4v) is 12.7. The highest BCUT2D eigenvalue weighted by Gasteiger charge is 2.27. The molecule has 0 saturated carbocycles. The van der Waals surface area contributed by atoms with Crippen LogP contribution in [-0.4, -0.2) is 136 Å². The Balaban J connectivity index is 5.38. The van der Waals surface area contributed by atoms with Crippen molar-refractivity contribution in [2.45, 2.75) is 361 Å². The molecule has 0 heterocycles. The number of hydrogen-bond donors (Lipinski definition) is 7. The van der Waals surface area contributed by atoms with Crippen molar-refractivity contribution in [3.05, 3.63) is 0 Å². The van der Waals surface area contributed by atoms with Crippen molar-refractivity contribution in [3.63, 3.8) is 0 Å². The third-order valence-corrected chi connectivity index (χ3v) is 18.8. The first-order chi connectivity index (χ1) is 46.5. The Hall–Kier alpha value is -2.91. The van der Waals surface area contributed by atoms with Crippen LogP contribution in [0.25, 0.3) is 0 Å². The van der Waals surface area contributed by atoms with Gasteiger partial charge in [-0.3, -0.25) is 32.5 Å². The molecule has 96 heavy (non-hydrogen) atoms. The van der Waals surface area contributed by atoms with Gasteiger partial charge in [-0.15, -0.1) is 0 Å². The predicted octanol–water partition coefficient (Wildman–Crippen LogP) is 17.6. The van der Waals surface area contributed by atoms with Crippen molar-refractivity contribution >= 4 is 45.6 Å². The summed E-state index contributed by atoms with van der Waals surface area (Å²) < 4.78 is 70.4. The van der Waals surface area contributed by atoms with Crippen LogP contribution in [0.1, 0.15) is 337 Å². The van der Waals surface area contributed by atoms with Gasteiger partial charge in [0.2, 0.25) is 5.91 Å². The summed E-state index contributed by atoms with van der Waals surface area (Å²) in [7, 11) is -9.40. The molecule has 7 N–H and O–H groups in total. The standard InChI is InChI=1S/C72H143N5O17P2/c1-7-12-17-22-25-28-30-32-34-39-44-49-69(79)76-65(60-87-56-51-67(93-64(6)78)47-42-37-20-15-10-4)62-91-95(83,84)89-58-54-74-71(81)75-55-59-90-96(85,86)92-63-66(77-72(82)73-53-46-41-36-33-29-26-23-18-13-8-2)61-88-57-52-68(48-43-38-21-16-11-5)94-70(80)50-45-40-35-31-27-24-19-14-9-3/h65-68H,7-63H2,1-6H3,(H,76,79)(H,83,84)(H,85,86)(H2,73,77,82)(H2,74,75,81)/t65-,66-,67-,68-/m1/s1. The van der Waals surface area contributed by atoms with Crippen LogP contribution in [0.3, 0.4) is 0 Å². The number of unbranched alkanes of at least 4 members (excludes halogenated alkanes) is 35. The lowest BCUT2D eigenvalue weighted by atomic mass is 10.1. The van der Waals surface area contributed by atoms with E-state index < -0.39 is 66.2 Å². The van der Waals surface area contributed by atoms with Gasteiger partial charge in [0.15, 0.2) is 0 Å². The summed E-state index contributed by atoms with van der Waals surface area (Å²) in [5.41, 5.74) is 0. The largest absolute Gasteiger partial charge is 0.472 e. The van der Waals surface area contributed by atoms with Crippen LogP contribution in [0.15, 0.2) is 0 Å². The summed E-state index contributed by atoms with van der Waals surface area (Å²) in [6, 6.07) is -2.87. The Kier molecular flexibility index (Phi) is 65.8. The molecule has 0 aliphatic carbocycles. The Labute approximate surface area is 583 Å². The number of esters is 2. The molecule has 5 amide bonds. The lowest BCUT2D eigenvalue weighted by Crippen LogP contribution is -2.46. The predicted molar refractivity (Wildman–Crippen MR) is 385 cm³/mol. The highest BCUT2D eigenvalue weighted by Crippen LogP contribution is 2.44. The smallest absolute Gasteiger partial charge is 0.462 e. The number of carbonyl (C=O) groups excluding carboxylic acids is 5. The Morgan fingerprint density at radius 3 is 1.07 bits per heavy atom. The van der Waals surface area contributed by atoms with Crippen LogP contribution in [0.4, 0.5) is 9.59 Å². The van der Waals surface area contributed by atoms with Crippen molar-refractivity contribution in [3.8, 4) is 0 Å². The van der Waals surface area contributed by atoms with E-state index in [0.29, 0.717) is 45.1 Å². The minimum absolute atomic E-state index is 0.0388. The molecule has 0 fully saturated rings. The van der Waals surface area contributed by atoms with Gasteiger partial charge in [-0.25, -0.2) is 18.7 Å². The molecule has 0 spiro atoms. The zero-order valence-corrected chi connectivity index (χ0v) is 63.3. The Morgan fingerprint density at radius 1 is 0.344 bits per heavy atom. The summed E-state index contributed by atoms with van der Waals surface area (Å²) in [5.74, 6) is -0.813. The van der Waals surface area contributed by atoms with E-state index >= 15 is 0 Å². The van der Waals surface area contributed by atoms with Gasteiger partial charge in [-0.1, -0.05) is 259 Å². The lowest BCUT2D eigenvalue weighted by Gasteiger charge is -2.22. The number of ether oxygens (including phenoxy) is 4.